The molecule has 0 fully saturated rings. The number of aromatic nitrogens is 2. The van der Waals surface area contributed by atoms with Crippen molar-refractivity contribution in [2.75, 3.05) is 14.2 Å². The van der Waals surface area contributed by atoms with Gasteiger partial charge in [0.05, 0.1) is 27.1 Å². The number of rotatable bonds is 7. The Hall–Kier alpha value is -4.14. The predicted octanol–water partition coefficient (Wildman–Crippen LogP) is 2.72. The number of hydrogen-bond donors (Lipinski definition) is 1. The zero-order chi connectivity index (χ0) is 25.2. The van der Waals surface area contributed by atoms with Crippen molar-refractivity contribution in [1.82, 2.24) is 19.8 Å². The predicted molar refractivity (Wildman–Crippen MR) is 128 cm³/mol. The molecule has 182 valence electrons. The number of benzene rings is 2. The number of ether oxygens (including phenoxy) is 2. The molecule has 35 heavy (non-hydrogen) atoms. The summed E-state index contributed by atoms with van der Waals surface area (Å²) < 4.78 is 11.7. The molecule has 1 unspecified atom stereocenters. The van der Waals surface area contributed by atoms with E-state index < -0.39 is 17.4 Å². The number of nitrogens with one attached hydrogen (secondary N) is 1. The zero-order valence-electron chi connectivity index (χ0n) is 20.2. The Balaban J connectivity index is 1.69. The molecule has 9 nitrogen and oxygen atoms in total. The Morgan fingerprint density at radius 2 is 1.83 bits per heavy atom. The van der Waals surface area contributed by atoms with Crippen LogP contribution in [0.2, 0.25) is 0 Å². The van der Waals surface area contributed by atoms with Gasteiger partial charge in [0.2, 0.25) is 5.91 Å². The lowest BCUT2D eigenvalue weighted by atomic mass is 9.93. The Kier molecular flexibility index (Phi) is 6.59. The molecule has 0 saturated carbocycles. The van der Waals surface area contributed by atoms with Gasteiger partial charge in [0.25, 0.3) is 5.91 Å². The Bertz CT molecular complexity index is 1270. The largest absolute Gasteiger partial charge is 0.496 e. The molecule has 4 rings (SSSR count). The topological polar surface area (TPSA) is 103 Å². The molecule has 0 spiro atoms. The van der Waals surface area contributed by atoms with E-state index in [-0.39, 0.29) is 36.9 Å². The third-order valence-corrected chi connectivity index (χ3v) is 6.32. The van der Waals surface area contributed by atoms with Crippen LogP contribution in [0.1, 0.15) is 44.6 Å². The number of nitrogens with zero attached hydrogens (tertiary/aromatic N) is 3. The van der Waals surface area contributed by atoms with Gasteiger partial charge in [0.15, 0.2) is 5.69 Å². The van der Waals surface area contributed by atoms with Gasteiger partial charge in [-0.05, 0) is 25.5 Å². The first-order valence-corrected chi connectivity index (χ1v) is 11.2. The summed E-state index contributed by atoms with van der Waals surface area (Å²) in [7, 11) is 2.81. The van der Waals surface area contributed by atoms with E-state index in [9.17, 15) is 14.4 Å². The summed E-state index contributed by atoms with van der Waals surface area (Å²) in [5.74, 6) is -0.840. The molecule has 1 aromatic heterocycles. The highest BCUT2D eigenvalue weighted by Gasteiger charge is 2.48. The van der Waals surface area contributed by atoms with Crippen molar-refractivity contribution in [2.45, 2.75) is 39.0 Å². The van der Waals surface area contributed by atoms with Crippen LogP contribution in [-0.2, 0) is 29.2 Å². The number of methoxy groups -OCH3 is 2. The maximum Gasteiger partial charge on any atom is 0.359 e. The van der Waals surface area contributed by atoms with Crippen LogP contribution in [-0.4, -0.2) is 52.0 Å². The molecule has 0 bridgehead atoms. The van der Waals surface area contributed by atoms with Crippen LogP contribution in [0, 0.1) is 6.92 Å². The fraction of sp³-hybridized carbons (Fsp3) is 0.308. The van der Waals surface area contributed by atoms with Gasteiger partial charge in [-0.1, -0.05) is 48.0 Å². The van der Waals surface area contributed by atoms with Gasteiger partial charge in [0.1, 0.15) is 17.0 Å². The van der Waals surface area contributed by atoms with E-state index in [1.54, 1.807) is 18.6 Å². The molecular formula is C26H28N4O5. The molecule has 0 aliphatic carbocycles. The smallest absolute Gasteiger partial charge is 0.359 e. The summed E-state index contributed by atoms with van der Waals surface area (Å²) in [5.41, 5.74) is 1.56. The lowest BCUT2D eigenvalue weighted by Gasteiger charge is -2.43. The third kappa shape index (κ3) is 4.49. The van der Waals surface area contributed by atoms with Crippen LogP contribution >= 0.6 is 0 Å². The lowest BCUT2D eigenvalue weighted by Crippen LogP contribution is -2.63. The van der Waals surface area contributed by atoms with Crippen molar-refractivity contribution in [3.8, 4) is 5.75 Å². The summed E-state index contributed by atoms with van der Waals surface area (Å²) >= 11 is 0. The molecule has 1 N–H and O–H groups in total. The first kappa shape index (κ1) is 24.0. The monoisotopic (exact) mass is 476 g/mol. The first-order valence-electron chi connectivity index (χ1n) is 11.2. The fourth-order valence-electron chi connectivity index (χ4n) is 4.27. The summed E-state index contributed by atoms with van der Waals surface area (Å²) in [5, 5.41) is 2.96. The molecule has 2 aromatic carbocycles. The number of imidazole rings is 1. The van der Waals surface area contributed by atoms with Crippen molar-refractivity contribution in [2.24, 2.45) is 0 Å². The molecule has 9 heteroatoms. The second-order valence-corrected chi connectivity index (χ2v) is 8.71. The Labute approximate surface area is 203 Å². The first-order chi connectivity index (χ1) is 16.8. The van der Waals surface area contributed by atoms with E-state index in [0.717, 1.165) is 16.7 Å². The molecule has 2 amide bonds. The molecule has 0 saturated heterocycles. The number of amides is 2. The molecule has 2 heterocycles. The van der Waals surface area contributed by atoms with Crippen LogP contribution in [0.25, 0.3) is 0 Å². The quantitative estimate of drug-likeness (QED) is 0.526. The van der Waals surface area contributed by atoms with Crippen molar-refractivity contribution >= 4 is 17.8 Å². The molecule has 1 atom stereocenters. The summed E-state index contributed by atoms with van der Waals surface area (Å²) in [6, 6.07) is 15.2. The second-order valence-electron chi connectivity index (χ2n) is 8.71. The van der Waals surface area contributed by atoms with Gasteiger partial charge >= 0.3 is 5.97 Å². The fourth-order valence-corrected chi connectivity index (χ4v) is 4.27. The summed E-state index contributed by atoms with van der Waals surface area (Å²) in [4.78, 5) is 45.2. The number of esters is 1. The average molecular weight is 477 g/mol. The highest BCUT2D eigenvalue weighted by atomic mass is 16.5. The highest BCUT2D eigenvalue weighted by molar-refractivity contribution is 6.06. The minimum Gasteiger partial charge on any atom is -0.496 e. The second kappa shape index (κ2) is 9.61. The molecule has 3 aromatic rings. The Morgan fingerprint density at radius 1 is 1.11 bits per heavy atom. The standard InChI is InChI=1S/C26H28N4O5/c1-17-9-11-18(12-10-17)14-30-23(31)22-21(24(32)35-4)28-16-29(22)15-26(30,2)25(33)27-13-19-7-5-6-8-20(19)34-3/h5-12,16H,13-15H2,1-4H3,(H,27,33). The van der Waals surface area contributed by atoms with Crippen molar-refractivity contribution in [1.29, 1.82) is 0 Å². The number of hydrogen-bond acceptors (Lipinski definition) is 6. The van der Waals surface area contributed by atoms with Crippen LogP contribution in [0.4, 0.5) is 0 Å². The van der Waals surface area contributed by atoms with E-state index in [1.165, 1.54) is 18.3 Å². The number of carbonyl (C=O) groups is 3. The minimum atomic E-state index is -1.24. The summed E-state index contributed by atoms with van der Waals surface area (Å²) in [6.45, 7) is 4.24. The minimum absolute atomic E-state index is 0.0668. The summed E-state index contributed by atoms with van der Waals surface area (Å²) in [6.07, 6.45) is 1.40. The van der Waals surface area contributed by atoms with E-state index >= 15 is 0 Å². The third-order valence-electron chi connectivity index (χ3n) is 6.32. The molecule has 0 radical (unpaired) electrons. The highest BCUT2D eigenvalue weighted by Crippen LogP contribution is 2.31. The van der Waals surface area contributed by atoms with Gasteiger partial charge in [-0.3, -0.25) is 9.59 Å². The maximum atomic E-state index is 13.7. The van der Waals surface area contributed by atoms with Crippen LogP contribution < -0.4 is 10.1 Å². The van der Waals surface area contributed by atoms with E-state index in [1.807, 2.05) is 55.5 Å². The number of aryl methyl sites for hydroxylation is 1. The van der Waals surface area contributed by atoms with E-state index in [2.05, 4.69) is 10.3 Å². The maximum absolute atomic E-state index is 13.7. The van der Waals surface area contributed by atoms with Gasteiger partial charge in [0, 0.05) is 18.7 Å². The van der Waals surface area contributed by atoms with Crippen LogP contribution in [0.3, 0.4) is 0 Å². The van der Waals surface area contributed by atoms with E-state index in [0.29, 0.717) is 5.75 Å². The van der Waals surface area contributed by atoms with Crippen LogP contribution in [0.5, 0.6) is 5.75 Å². The van der Waals surface area contributed by atoms with E-state index in [4.69, 9.17) is 9.47 Å². The average Bonchev–Trinajstić information content (AvgIpc) is 3.29. The van der Waals surface area contributed by atoms with Crippen molar-refractivity contribution < 1.29 is 23.9 Å². The SMILES string of the molecule is COC(=O)c1ncn2c1C(=O)N(Cc1ccc(C)cc1)C(C)(C(=O)NCc1ccccc1OC)C2. The van der Waals surface area contributed by atoms with Gasteiger partial charge in [-0.15, -0.1) is 0 Å². The normalized spacial score (nSPS) is 17.0. The van der Waals surface area contributed by atoms with Gasteiger partial charge in [-0.25, -0.2) is 9.78 Å². The van der Waals surface area contributed by atoms with Gasteiger partial charge < -0.3 is 24.3 Å². The van der Waals surface area contributed by atoms with Crippen molar-refractivity contribution in [3.63, 3.8) is 0 Å². The Morgan fingerprint density at radius 3 is 2.51 bits per heavy atom. The lowest BCUT2D eigenvalue weighted by molar-refractivity contribution is -0.133. The molecule has 1 aliphatic rings. The van der Waals surface area contributed by atoms with Gasteiger partial charge in [-0.2, -0.15) is 0 Å². The molecular weight excluding hydrogens is 448 g/mol. The van der Waals surface area contributed by atoms with Crippen LogP contribution in [0.15, 0.2) is 54.9 Å². The zero-order valence-corrected chi connectivity index (χ0v) is 20.2. The number of para-hydroxylation sites is 1. The number of carbonyl (C=O) groups excluding carboxylic acids is 3. The molecule has 1 aliphatic heterocycles. The van der Waals surface area contributed by atoms with Crippen molar-refractivity contribution in [3.05, 3.63) is 82.9 Å². The number of fused-ring (bicyclic) bond motifs is 1.